The van der Waals surface area contributed by atoms with Crippen LogP contribution in [0.4, 0.5) is 0 Å². The molecule has 2 saturated heterocycles. The first-order valence-electron chi connectivity index (χ1n) is 8.31. The number of nitrogens with two attached hydrogens (primary N) is 1. The molecule has 2 heterocycles. The predicted octanol–water partition coefficient (Wildman–Crippen LogP) is 1.07. The first-order chi connectivity index (χ1) is 9.94. The zero-order valence-electron chi connectivity index (χ0n) is 13.6. The maximum absolute atomic E-state index is 12.2. The summed E-state index contributed by atoms with van der Waals surface area (Å²) in [4.78, 5) is 16.7. The summed E-state index contributed by atoms with van der Waals surface area (Å²) >= 11 is 0. The minimum Gasteiger partial charge on any atom is -0.379 e. The molecular weight excluding hydrogens is 266 g/mol. The van der Waals surface area contributed by atoms with Gasteiger partial charge in [0.25, 0.3) is 0 Å². The first-order valence-corrected chi connectivity index (χ1v) is 8.31. The van der Waals surface area contributed by atoms with E-state index in [2.05, 4.69) is 4.90 Å². The second-order valence-electron chi connectivity index (χ2n) is 7.23. The van der Waals surface area contributed by atoms with Crippen molar-refractivity contribution in [3.05, 3.63) is 0 Å². The average Bonchev–Trinajstić information content (AvgIpc) is 2.46. The van der Waals surface area contributed by atoms with Crippen LogP contribution in [0, 0.1) is 5.92 Å². The zero-order valence-corrected chi connectivity index (χ0v) is 13.6. The number of hydrogen-bond donors (Lipinski definition) is 1. The quantitative estimate of drug-likeness (QED) is 0.825. The molecule has 122 valence electrons. The lowest BCUT2D eigenvalue weighted by Gasteiger charge is -2.36. The maximum Gasteiger partial charge on any atom is 0.222 e. The molecule has 2 aliphatic rings. The second-order valence-corrected chi connectivity index (χ2v) is 7.23. The van der Waals surface area contributed by atoms with Gasteiger partial charge in [-0.15, -0.1) is 0 Å². The van der Waals surface area contributed by atoms with Gasteiger partial charge in [0.1, 0.15) is 0 Å². The summed E-state index contributed by atoms with van der Waals surface area (Å²) in [6.07, 6.45) is 3.61. The van der Waals surface area contributed by atoms with Crippen molar-refractivity contribution in [2.45, 2.75) is 45.1 Å². The van der Waals surface area contributed by atoms with Crippen molar-refractivity contribution in [3.63, 3.8) is 0 Å². The van der Waals surface area contributed by atoms with Crippen molar-refractivity contribution in [2.75, 3.05) is 45.9 Å². The fourth-order valence-electron chi connectivity index (χ4n) is 3.10. The summed E-state index contributed by atoms with van der Waals surface area (Å²) in [5.74, 6) is 1.01. The van der Waals surface area contributed by atoms with Crippen LogP contribution in [0.2, 0.25) is 0 Å². The molecule has 21 heavy (non-hydrogen) atoms. The second kappa shape index (κ2) is 7.56. The number of carbonyl (C=O) groups excluding carboxylic acids is 1. The van der Waals surface area contributed by atoms with Crippen LogP contribution in [-0.2, 0) is 9.53 Å². The van der Waals surface area contributed by atoms with E-state index in [1.54, 1.807) is 0 Å². The van der Waals surface area contributed by atoms with Crippen molar-refractivity contribution in [1.29, 1.82) is 0 Å². The number of piperidine rings is 1. The third kappa shape index (κ3) is 5.93. The molecule has 0 bridgehead atoms. The van der Waals surface area contributed by atoms with Crippen LogP contribution in [0.3, 0.4) is 0 Å². The molecule has 5 heteroatoms. The number of morpholine rings is 1. The van der Waals surface area contributed by atoms with Gasteiger partial charge >= 0.3 is 0 Å². The van der Waals surface area contributed by atoms with E-state index < -0.39 is 0 Å². The van der Waals surface area contributed by atoms with Crippen LogP contribution in [0.25, 0.3) is 0 Å². The summed E-state index contributed by atoms with van der Waals surface area (Å²) in [6.45, 7) is 10.8. The largest absolute Gasteiger partial charge is 0.379 e. The highest BCUT2D eigenvalue weighted by molar-refractivity contribution is 5.76. The molecule has 2 aliphatic heterocycles. The molecule has 5 nitrogen and oxygen atoms in total. The Morgan fingerprint density at radius 2 is 1.81 bits per heavy atom. The SMILES string of the molecule is CC(C)(N)CCC(=O)N1CCC(CN2CCOCC2)CC1. The summed E-state index contributed by atoms with van der Waals surface area (Å²) in [5, 5.41) is 0. The molecule has 0 saturated carbocycles. The topological polar surface area (TPSA) is 58.8 Å². The number of amides is 1. The highest BCUT2D eigenvalue weighted by atomic mass is 16.5. The molecule has 1 amide bonds. The van der Waals surface area contributed by atoms with Gasteiger partial charge in [-0.25, -0.2) is 0 Å². The van der Waals surface area contributed by atoms with Crippen LogP contribution in [0.5, 0.6) is 0 Å². The fourth-order valence-corrected chi connectivity index (χ4v) is 3.10. The molecule has 0 aromatic carbocycles. The molecule has 0 aliphatic carbocycles. The van der Waals surface area contributed by atoms with Gasteiger partial charge in [0, 0.05) is 44.7 Å². The third-order valence-electron chi connectivity index (χ3n) is 4.57. The van der Waals surface area contributed by atoms with Crippen molar-refractivity contribution in [1.82, 2.24) is 9.80 Å². The molecule has 0 aromatic heterocycles. The van der Waals surface area contributed by atoms with E-state index >= 15 is 0 Å². The first kappa shape index (κ1) is 16.7. The van der Waals surface area contributed by atoms with Crippen molar-refractivity contribution >= 4 is 5.91 Å². The van der Waals surface area contributed by atoms with Crippen molar-refractivity contribution < 1.29 is 9.53 Å². The van der Waals surface area contributed by atoms with Crippen LogP contribution in [0.15, 0.2) is 0 Å². The number of nitrogens with zero attached hydrogens (tertiary/aromatic N) is 2. The third-order valence-corrected chi connectivity index (χ3v) is 4.57. The summed E-state index contributed by atoms with van der Waals surface area (Å²) in [7, 11) is 0. The van der Waals surface area contributed by atoms with Crippen LogP contribution < -0.4 is 5.73 Å². The van der Waals surface area contributed by atoms with Gasteiger partial charge < -0.3 is 15.4 Å². The van der Waals surface area contributed by atoms with Gasteiger partial charge in [0.15, 0.2) is 0 Å². The van der Waals surface area contributed by atoms with Gasteiger partial charge in [-0.1, -0.05) is 0 Å². The van der Waals surface area contributed by atoms with E-state index in [0.29, 0.717) is 6.42 Å². The Morgan fingerprint density at radius 1 is 1.19 bits per heavy atom. The number of ether oxygens (including phenoxy) is 1. The summed E-state index contributed by atoms with van der Waals surface area (Å²) in [5.41, 5.74) is 5.71. The Kier molecular flexibility index (Phi) is 6.02. The zero-order chi connectivity index (χ0) is 15.3. The molecular formula is C16H31N3O2. The highest BCUT2D eigenvalue weighted by Crippen LogP contribution is 2.20. The highest BCUT2D eigenvalue weighted by Gasteiger charge is 2.25. The van der Waals surface area contributed by atoms with Crippen LogP contribution in [-0.4, -0.2) is 67.2 Å². The number of hydrogen-bond acceptors (Lipinski definition) is 4. The van der Waals surface area contributed by atoms with E-state index in [-0.39, 0.29) is 11.4 Å². The molecule has 0 aromatic rings. The Bertz CT molecular complexity index is 327. The van der Waals surface area contributed by atoms with E-state index in [0.717, 1.165) is 64.6 Å². The number of rotatable bonds is 5. The lowest BCUT2D eigenvalue weighted by atomic mass is 9.94. The minimum atomic E-state index is -0.246. The lowest BCUT2D eigenvalue weighted by molar-refractivity contribution is -0.133. The maximum atomic E-state index is 12.2. The Balaban J connectivity index is 1.66. The van der Waals surface area contributed by atoms with Crippen LogP contribution in [0.1, 0.15) is 39.5 Å². The van der Waals surface area contributed by atoms with Gasteiger partial charge in [0.05, 0.1) is 13.2 Å². The minimum absolute atomic E-state index is 0.246. The number of carbonyl (C=O) groups is 1. The molecule has 2 fully saturated rings. The van der Waals surface area contributed by atoms with Crippen LogP contribution >= 0.6 is 0 Å². The fraction of sp³-hybridized carbons (Fsp3) is 0.938. The molecule has 2 rings (SSSR count). The average molecular weight is 297 g/mol. The molecule has 0 atom stereocenters. The Hall–Kier alpha value is -0.650. The molecule has 2 N–H and O–H groups in total. The molecule has 0 radical (unpaired) electrons. The summed E-state index contributed by atoms with van der Waals surface area (Å²) in [6, 6.07) is 0. The smallest absolute Gasteiger partial charge is 0.222 e. The van der Waals surface area contributed by atoms with Gasteiger partial charge in [-0.05, 0) is 39.0 Å². The van der Waals surface area contributed by atoms with Gasteiger partial charge in [-0.2, -0.15) is 0 Å². The number of likely N-dealkylation sites (tertiary alicyclic amines) is 1. The van der Waals surface area contributed by atoms with Gasteiger partial charge in [-0.3, -0.25) is 9.69 Å². The van der Waals surface area contributed by atoms with Crippen molar-refractivity contribution in [2.24, 2.45) is 11.7 Å². The van der Waals surface area contributed by atoms with E-state index in [1.807, 2.05) is 18.7 Å². The predicted molar refractivity (Wildman–Crippen MR) is 84.1 cm³/mol. The monoisotopic (exact) mass is 297 g/mol. The van der Waals surface area contributed by atoms with E-state index in [9.17, 15) is 4.79 Å². The lowest BCUT2D eigenvalue weighted by Crippen LogP contribution is -2.44. The van der Waals surface area contributed by atoms with Crippen molar-refractivity contribution in [3.8, 4) is 0 Å². The van der Waals surface area contributed by atoms with Gasteiger partial charge in [0.2, 0.25) is 5.91 Å². The normalized spacial score (nSPS) is 22.5. The van der Waals surface area contributed by atoms with E-state index in [4.69, 9.17) is 10.5 Å². The summed E-state index contributed by atoms with van der Waals surface area (Å²) < 4.78 is 5.39. The van der Waals surface area contributed by atoms with E-state index in [1.165, 1.54) is 6.54 Å². The molecule has 0 unspecified atom stereocenters. The Morgan fingerprint density at radius 3 is 2.38 bits per heavy atom. The molecule has 0 spiro atoms. The standard InChI is InChI=1S/C16H31N3O2/c1-16(2,17)6-3-15(20)19-7-4-14(5-8-19)13-18-9-11-21-12-10-18/h14H,3-13,17H2,1-2H3. The Labute approximate surface area is 128 Å².